The van der Waals surface area contributed by atoms with Crippen molar-refractivity contribution in [2.45, 2.75) is 13.8 Å². The predicted molar refractivity (Wildman–Crippen MR) is 72.2 cm³/mol. The van der Waals surface area contributed by atoms with Crippen molar-refractivity contribution < 1.29 is 4.74 Å². The fourth-order valence-electron chi connectivity index (χ4n) is 1.67. The van der Waals surface area contributed by atoms with Crippen LogP contribution in [0.5, 0.6) is 11.5 Å². The molecule has 0 N–H and O–H groups in total. The highest BCUT2D eigenvalue weighted by molar-refractivity contribution is 6.30. The second kappa shape index (κ2) is 5.12. The number of halogens is 1. The molecule has 0 bridgehead atoms. The number of para-hydroxylation sites is 1. The fourth-order valence-corrected chi connectivity index (χ4v) is 1.83. The largest absolute Gasteiger partial charge is 0.455 e. The number of benzene rings is 2. The van der Waals surface area contributed by atoms with Gasteiger partial charge in [-0.2, -0.15) is 5.26 Å². The number of rotatable bonds is 2. The van der Waals surface area contributed by atoms with Gasteiger partial charge in [0, 0.05) is 5.02 Å². The van der Waals surface area contributed by atoms with E-state index in [9.17, 15) is 0 Å². The Kier molecular flexibility index (Phi) is 3.55. The molecule has 2 rings (SSSR count). The van der Waals surface area contributed by atoms with E-state index in [0.29, 0.717) is 22.1 Å². The lowest BCUT2D eigenvalue weighted by atomic mass is 10.1. The van der Waals surface area contributed by atoms with Crippen LogP contribution in [-0.4, -0.2) is 0 Å². The Morgan fingerprint density at radius 1 is 1.11 bits per heavy atom. The molecule has 0 radical (unpaired) electrons. The minimum absolute atomic E-state index is 0.523. The van der Waals surface area contributed by atoms with Gasteiger partial charge in [-0.15, -0.1) is 0 Å². The van der Waals surface area contributed by atoms with E-state index in [1.807, 2.05) is 38.1 Å². The number of hydrogen-bond donors (Lipinski definition) is 0. The molecule has 0 atom stereocenters. The van der Waals surface area contributed by atoms with E-state index in [2.05, 4.69) is 6.07 Å². The van der Waals surface area contributed by atoms with Crippen LogP contribution in [0.1, 0.15) is 16.7 Å². The lowest BCUT2D eigenvalue weighted by molar-refractivity contribution is 0.473. The molecule has 0 saturated carbocycles. The average Bonchev–Trinajstić information content (AvgIpc) is 2.36. The summed E-state index contributed by atoms with van der Waals surface area (Å²) >= 11 is 5.95. The van der Waals surface area contributed by atoms with Gasteiger partial charge in [-0.3, -0.25) is 0 Å². The number of hydrogen-bond acceptors (Lipinski definition) is 2. The van der Waals surface area contributed by atoms with Gasteiger partial charge >= 0.3 is 0 Å². The molecule has 2 aromatic carbocycles. The van der Waals surface area contributed by atoms with Gasteiger partial charge in [0.05, 0.1) is 5.56 Å². The monoisotopic (exact) mass is 257 g/mol. The van der Waals surface area contributed by atoms with E-state index in [0.717, 1.165) is 11.1 Å². The highest BCUT2D eigenvalue weighted by Gasteiger charge is 2.09. The minimum Gasteiger partial charge on any atom is -0.455 e. The molecule has 0 aliphatic rings. The second-order valence-corrected chi connectivity index (χ2v) is 4.51. The summed E-state index contributed by atoms with van der Waals surface area (Å²) in [5, 5.41) is 9.70. The third-order valence-corrected chi connectivity index (χ3v) is 2.93. The van der Waals surface area contributed by atoms with Crippen molar-refractivity contribution >= 4 is 11.6 Å². The van der Waals surface area contributed by atoms with Crippen LogP contribution in [0.25, 0.3) is 0 Å². The molecule has 18 heavy (non-hydrogen) atoms. The quantitative estimate of drug-likeness (QED) is 0.786. The second-order valence-electron chi connectivity index (χ2n) is 4.08. The smallest absolute Gasteiger partial charge is 0.148 e. The third-order valence-electron chi connectivity index (χ3n) is 2.69. The van der Waals surface area contributed by atoms with Gasteiger partial charge in [0.2, 0.25) is 0 Å². The molecule has 0 aliphatic heterocycles. The Bertz CT molecular complexity index is 629. The van der Waals surface area contributed by atoms with Crippen molar-refractivity contribution in [2.75, 3.05) is 0 Å². The van der Waals surface area contributed by atoms with Crippen molar-refractivity contribution in [1.29, 1.82) is 5.26 Å². The molecule has 0 fully saturated rings. The van der Waals surface area contributed by atoms with E-state index in [1.54, 1.807) is 12.1 Å². The van der Waals surface area contributed by atoms with Crippen LogP contribution in [0.15, 0.2) is 36.4 Å². The lowest BCUT2D eigenvalue weighted by Gasteiger charge is -2.12. The molecule has 0 aromatic heterocycles. The Morgan fingerprint density at radius 3 is 2.61 bits per heavy atom. The summed E-state index contributed by atoms with van der Waals surface area (Å²) in [6.07, 6.45) is 0. The van der Waals surface area contributed by atoms with E-state index in [4.69, 9.17) is 21.6 Å². The molecule has 2 aromatic rings. The van der Waals surface area contributed by atoms with Gasteiger partial charge in [0.25, 0.3) is 0 Å². The summed E-state index contributed by atoms with van der Waals surface area (Å²) in [4.78, 5) is 0. The standard InChI is InChI=1S/C15H12ClNO/c1-10-6-7-13(16)8-14(10)18-15-11(2)4-3-5-12(15)9-17/h3-8H,1-2H3. The molecule has 0 unspecified atom stereocenters. The Morgan fingerprint density at radius 2 is 1.89 bits per heavy atom. The zero-order chi connectivity index (χ0) is 13.1. The first kappa shape index (κ1) is 12.5. The van der Waals surface area contributed by atoms with Gasteiger partial charge in [0.15, 0.2) is 0 Å². The predicted octanol–water partition coefficient (Wildman–Crippen LogP) is 4.62. The van der Waals surface area contributed by atoms with Crippen LogP contribution in [-0.2, 0) is 0 Å². The summed E-state index contributed by atoms with van der Waals surface area (Å²) in [6, 6.07) is 13.1. The van der Waals surface area contributed by atoms with Crippen LogP contribution in [0, 0.1) is 25.2 Å². The van der Waals surface area contributed by atoms with Crippen molar-refractivity contribution in [2.24, 2.45) is 0 Å². The highest BCUT2D eigenvalue weighted by Crippen LogP contribution is 2.32. The Balaban J connectivity index is 2.46. The van der Waals surface area contributed by atoms with Crippen LogP contribution < -0.4 is 4.74 Å². The van der Waals surface area contributed by atoms with Gasteiger partial charge in [-0.05, 0) is 43.2 Å². The van der Waals surface area contributed by atoms with Gasteiger partial charge in [0.1, 0.15) is 17.6 Å². The van der Waals surface area contributed by atoms with E-state index < -0.39 is 0 Å². The zero-order valence-corrected chi connectivity index (χ0v) is 11.0. The summed E-state index contributed by atoms with van der Waals surface area (Å²) in [6.45, 7) is 3.85. The number of ether oxygens (including phenoxy) is 1. The van der Waals surface area contributed by atoms with Crippen molar-refractivity contribution in [3.05, 3.63) is 58.1 Å². The maximum atomic E-state index is 9.09. The Labute approximate surface area is 111 Å². The van der Waals surface area contributed by atoms with Crippen molar-refractivity contribution in [3.63, 3.8) is 0 Å². The molecule has 0 spiro atoms. The first-order chi connectivity index (χ1) is 8.61. The number of aryl methyl sites for hydroxylation is 2. The topological polar surface area (TPSA) is 33.0 Å². The van der Waals surface area contributed by atoms with Gasteiger partial charge in [-0.25, -0.2) is 0 Å². The summed E-state index contributed by atoms with van der Waals surface area (Å²) < 4.78 is 5.84. The normalized spacial score (nSPS) is 9.89. The van der Waals surface area contributed by atoms with Crippen LogP contribution in [0.3, 0.4) is 0 Å². The van der Waals surface area contributed by atoms with Crippen LogP contribution in [0.2, 0.25) is 5.02 Å². The highest BCUT2D eigenvalue weighted by atomic mass is 35.5. The molecule has 2 nitrogen and oxygen atoms in total. The Hall–Kier alpha value is -1.98. The maximum Gasteiger partial charge on any atom is 0.148 e. The summed E-state index contributed by atoms with van der Waals surface area (Å²) in [7, 11) is 0. The van der Waals surface area contributed by atoms with Crippen molar-refractivity contribution in [3.8, 4) is 17.6 Å². The molecule has 0 aliphatic carbocycles. The first-order valence-electron chi connectivity index (χ1n) is 5.55. The number of nitriles is 1. The summed E-state index contributed by atoms with van der Waals surface area (Å²) in [5.41, 5.74) is 2.43. The lowest BCUT2D eigenvalue weighted by Crippen LogP contribution is -1.93. The minimum atomic E-state index is 0.523. The molecular weight excluding hydrogens is 246 g/mol. The molecule has 0 heterocycles. The van der Waals surface area contributed by atoms with E-state index in [-0.39, 0.29) is 0 Å². The molecule has 0 saturated heterocycles. The fraction of sp³-hybridized carbons (Fsp3) is 0.133. The third kappa shape index (κ3) is 2.47. The van der Waals surface area contributed by atoms with Crippen molar-refractivity contribution in [1.82, 2.24) is 0 Å². The molecule has 90 valence electrons. The first-order valence-corrected chi connectivity index (χ1v) is 5.93. The SMILES string of the molecule is Cc1ccc(Cl)cc1Oc1c(C)cccc1C#N. The van der Waals surface area contributed by atoms with Crippen LogP contribution in [0.4, 0.5) is 0 Å². The maximum absolute atomic E-state index is 9.09. The number of nitrogens with zero attached hydrogens (tertiary/aromatic N) is 1. The van der Waals surface area contributed by atoms with Crippen LogP contribution >= 0.6 is 11.6 Å². The summed E-state index contributed by atoms with van der Waals surface area (Å²) in [5.74, 6) is 1.26. The van der Waals surface area contributed by atoms with E-state index >= 15 is 0 Å². The zero-order valence-electron chi connectivity index (χ0n) is 10.2. The molecule has 3 heteroatoms. The molecule has 0 amide bonds. The van der Waals surface area contributed by atoms with E-state index in [1.165, 1.54) is 0 Å². The average molecular weight is 258 g/mol. The molecular formula is C15H12ClNO. The van der Waals surface area contributed by atoms with Gasteiger partial charge < -0.3 is 4.74 Å². The van der Waals surface area contributed by atoms with Gasteiger partial charge in [-0.1, -0.05) is 29.8 Å².